The van der Waals surface area contributed by atoms with Crippen LogP contribution in [0.3, 0.4) is 0 Å². The van der Waals surface area contributed by atoms with Crippen molar-refractivity contribution in [2.45, 2.75) is 45.2 Å². The molecule has 1 fully saturated rings. The number of hydrogen-bond donors (Lipinski definition) is 1. The van der Waals surface area contributed by atoms with Crippen LogP contribution in [0, 0.1) is 5.82 Å². The van der Waals surface area contributed by atoms with Crippen LogP contribution in [0.1, 0.15) is 38.2 Å². The number of benzene rings is 1. The number of hydrogen-bond acceptors (Lipinski definition) is 2. The van der Waals surface area contributed by atoms with Crippen LogP contribution < -0.4 is 5.32 Å². The molecule has 2 rings (SSSR count). The number of nitrogens with one attached hydrogen (secondary N) is 1. The highest BCUT2D eigenvalue weighted by Crippen LogP contribution is 2.12. The van der Waals surface area contributed by atoms with Crippen molar-refractivity contribution in [3.05, 3.63) is 35.6 Å². The molecule has 3 heteroatoms. The van der Waals surface area contributed by atoms with Crippen LogP contribution >= 0.6 is 0 Å². The third-order valence-electron chi connectivity index (χ3n) is 3.73. The van der Waals surface area contributed by atoms with E-state index in [0.29, 0.717) is 6.04 Å². The first-order valence-electron chi connectivity index (χ1n) is 7.48. The lowest BCUT2D eigenvalue weighted by molar-refractivity contribution is 0.217. The van der Waals surface area contributed by atoms with E-state index >= 15 is 0 Å². The van der Waals surface area contributed by atoms with Gasteiger partial charge in [-0.15, -0.1) is 0 Å². The molecule has 1 aliphatic heterocycles. The Morgan fingerprint density at radius 3 is 2.95 bits per heavy atom. The summed E-state index contributed by atoms with van der Waals surface area (Å²) in [5, 5.41) is 3.59. The summed E-state index contributed by atoms with van der Waals surface area (Å²) >= 11 is 0. The van der Waals surface area contributed by atoms with E-state index in [4.69, 9.17) is 0 Å². The Morgan fingerprint density at radius 2 is 2.26 bits per heavy atom. The van der Waals surface area contributed by atoms with Crippen molar-refractivity contribution in [2.24, 2.45) is 0 Å². The maximum absolute atomic E-state index is 13.2. The van der Waals surface area contributed by atoms with Gasteiger partial charge in [0.2, 0.25) is 0 Å². The summed E-state index contributed by atoms with van der Waals surface area (Å²) in [5.74, 6) is -0.135. The number of piperidine rings is 1. The molecule has 1 unspecified atom stereocenters. The molecule has 19 heavy (non-hydrogen) atoms. The van der Waals surface area contributed by atoms with Gasteiger partial charge in [0.15, 0.2) is 0 Å². The zero-order chi connectivity index (χ0) is 13.5. The van der Waals surface area contributed by atoms with Crippen molar-refractivity contribution in [3.63, 3.8) is 0 Å². The van der Waals surface area contributed by atoms with E-state index in [9.17, 15) is 4.39 Å². The Kier molecular flexibility index (Phi) is 5.80. The van der Waals surface area contributed by atoms with Gasteiger partial charge in [0, 0.05) is 19.1 Å². The summed E-state index contributed by atoms with van der Waals surface area (Å²) in [6.45, 7) is 6.35. The molecule has 0 aromatic heterocycles. The standard InChI is InChI=1S/C16H25FN2/c1-2-10-19(13-16-8-3-4-9-18-16)12-14-6-5-7-15(17)11-14/h5-7,11,16,18H,2-4,8-10,12-13H2,1H3. The van der Waals surface area contributed by atoms with Crippen molar-refractivity contribution in [1.82, 2.24) is 10.2 Å². The second kappa shape index (κ2) is 7.61. The minimum absolute atomic E-state index is 0.135. The molecule has 0 bridgehead atoms. The van der Waals surface area contributed by atoms with Gasteiger partial charge in [-0.1, -0.05) is 25.5 Å². The second-order valence-corrected chi connectivity index (χ2v) is 5.51. The van der Waals surface area contributed by atoms with Gasteiger partial charge in [-0.25, -0.2) is 4.39 Å². The van der Waals surface area contributed by atoms with E-state index in [1.807, 2.05) is 6.07 Å². The maximum Gasteiger partial charge on any atom is 0.123 e. The van der Waals surface area contributed by atoms with E-state index < -0.39 is 0 Å². The van der Waals surface area contributed by atoms with E-state index in [1.165, 1.54) is 25.3 Å². The van der Waals surface area contributed by atoms with Gasteiger partial charge in [0.05, 0.1) is 0 Å². The lowest BCUT2D eigenvalue weighted by Crippen LogP contribution is -2.43. The Bertz CT molecular complexity index is 375. The molecule has 1 atom stereocenters. The van der Waals surface area contributed by atoms with Crippen molar-refractivity contribution < 1.29 is 4.39 Å². The first-order chi connectivity index (χ1) is 9.28. The van der Waals surface area contributed by atoms with Gasteiger partial charge in [0.1, 0.15) is 5.82 Å². The van der Waals surface area contributed by atoms with E-state index in [1.54, 1.807) is 12.1 Å². The Balaban J connectivity index is 1.91. The van der Waals surface area contributed by atoms with Crippen LogP contribution in [0.5, 0.6) is 0 Å². The molecule has 1 N–H and O–H groups in total. The average molecular weight is 264 g/mol. The SMILES string of the molecule is CCCN(Cc1cccc(F)c1)CC1CCCCN1. The zero-order valence-electron chi connectivity index (χ0n) is 11.9. The predicted molar refractivity (Wildman–Crippen MR) is 77.6 cm³/mol. The van der Waals surface area contributed by atoms with Crippen LogP contribution in [-0.4, -0.2) is 30.6 Å². The normalized spacial score (nSPS) is 19.8. The minimum Gasteiger partial charge on any atom is -0.313 e. The van der Waals surface area contributed by atoms with E-state index in [0.717, 1.165) is 38.2 Å². The fraction of sp³-hybridized carbons (Fsp3) is 0.625. The van der Waals surface area contributed by atoms with Gasteiger partial charge in [-0.3, -0.25) is 4.90 Å². The Morgan fingerprint density at radius 1 is 1.37 bits per heavy atom. The van der Waals surface area contributed by atoms with Gasteiger partial charge < -0.3 is 5.32 Å². The average Bonchev–Trinajstić information content (AvgIpc) is 2.40. The molecule has 0 radical (unpaired) electrons. The maximum atomic E-state index is 13.2. The summed E-state index contributed by atoms with van der Waals surface area (Å²) in [6.07, 6.45) is 5.04. The monoisotopic (exact) mass is 264 g/mol. The van der Waals surface area contributed by atoms with E-state index in [2.05, 4.69) is 17.1 Å². The van der Waals surface area contributed by atoms with Crippen LogP contribution in [-0.2, 0) is 6.54 Å². The molecule has 1 heterocycles. The topological polar surface area (TPSA) is 15.3 Å². The molecule has 1 aliphatic rings. The van der Waals surface area contributed by atoms with Crippen molar-refractivity contribution in [3.8, 4) is 0 Å². The van der Waals surface area contributed by atoms with Crippen molar-refractivity contribution in [1.29, 1.82) is 0 Å². The molecule has 0 saturated carbocycles. The molecular weight excluding hydrogens is 239 g/mol. The van der Waals surface area contributed by atoms with E-state index in [-0.39, 0.29) is 5.82 Å². The number of nitrogens with zero attached hydrogens (tertiary/aromatic N) is 1. The highest BCUT2D eigenvalue weighted by Gasteiger charge is 2.16. The van der Waals surface area contributed by atoms with Crippen LogP contribution in [0.15, 0.2) is 24.3 Å². The zero-order valence-corrected chi connectivity index (χ0v) is 11.9. The first-order valence-corrected chi connectivity index (χ1v) is 7.48. The molecule has 1 aromatic carbocycles. The van der Waals surface area contributed by atoms with Gasteiger partial charge >= 0.3 is 0 Å². The molecule has 2 nitrogen and oxygen atoms in total. The quantitative estimate of drug-likeness (QED) is 0.849. The van der Waals surface area contributed by atoms with Crippen molar-refractivity contribution >= 4 is 0 Å². The number of rotatable bonds is 6. The molecule has 0 spiro atoms. The molecular formula is C16H25FN2. The first kappa shape index (κ1) is 14.5. The summed E-state index contributed by atoms with van der Waals surface area (Å²) in [5.41, 5.74) is 1.07. The summed E-state index contributed by atoms with van der Waals surface area (Å²) < 4.78 is 13.2. The van der Waals surface area contributed by atoms with Crippen molar-refractivity contribution in [2.75, 3.05) is 19.6 Å². The minimum atomic E-state index is -0.135. The summed E-state index contributed by atoms with van der Waals surface area (Å²) in [7, 11) is 0. The lowest BCUT2D eigenvalue weighted by Gasteiger charge is -2.30. The smallest absolute Gasteiger partial charge is 0.123 e. The van der Waals surface area contributed by atoms with Gasteiger partial charge in [-0.2, -0.15) is 0 Å². The molecule has 1 saturated heterocycles. The largest absolute Gasteiger partial charge is 0.313 e. The highest BCUT2D eigenvalue weighted by atomic mass is 19.1. The fourth-order valence-corrected chi connectivity index (χ4v) is 2.84. The Labute approximate surface area is 116 Å². The lowest BCUT2D eigenvalue weighted by atomic mass is 10.0. The molecule has 106 valence electrons. The van der Waals surface area contributed by atoms with Crippen LogP contribution in [0.25, 0.3) is 0 Å². The van der Waals surface area contributed by atoms with Gasteiger partial charge in [0.25, 0.3) is 0 Å². The second-order valence-electron chi connectivity index (χ2n) is 5.51. The predicted octanol–water partition coefficient (Wildman–Crippen LogP) is 3.18. The molecule has 0 aliphatic carbocycles. The third-order valence-corrected chi connectivity index (χ3v) is 3.73. The third kappa shape index (κ3) is 4.92. The molecule has 0 amide bonds. The van der Waals surface area contributed by atoms with Gasteiger partial charge in [-0.05, 0) is 50.0 Å². The van der Waals surface area contributed by atoms with Crippen LogP contribution in [0.4, 0.5) is 4.39 Å². The fourth-order valence-electron chi connectivity index (χ4n) is 2.84. The Hall–Kier alpha value is -0.930. The van der Waals surface area contributed by atoms with Crippen LogP contribution in [0.2, 0.25) is 0 Å². The highest BCUT2D eigenvalue weighted by molar-refractivity contribution is 5.16. The number of halogens is 1. The summed E-state index contributed by atoms with van der Waals surface area (Å²) in [6, 6.07) is 7.58. The summed E-state index contributed by atoms with van der Waals surface area (Å²) in [4.78, 5) is 2.44. The molecule has 1 aromatic rings.